The van der Waals surface area contributed by atoms with Gasteiger partial charge in [-0.2, -0.15) is 0 Å². The first-order valence-electron chi connectivity index (χ1n) is 6.54. The van der Waals surface area contributed by atoms with Crippen LogP contribution in [0.1, 0.15) is 22.5 Å². The highest BCUT2D eigenvalue weighted by Gasteiger charge is 2.21. The van der Waals surface area contributed by atoms with Gasteiger partial charge in [0.25, 0.3) is 0 Å². The van der Waals surface area contributed by atoms with E-state index in [1.165, 1.54) is 0 Å². The molecule has 104 valence electrons. The minimum Gasteiger partial charge on any atom is -0.497 e. The van der Waals surface area contributed by atoms with Crippen LogP contribution in [0.2, 0.25) is 0 Å². The Hall–Kier alpha value is -2.27. The van der Waals surface area contributed by atoms with Gasteiger partial charge in [0.05, 0.1) is 7.11 Å². The summed E-state index contributed by atoms with van der Waals surface area (Å²) in [6.45, 7) is 1.63. The van der Waals surface area contributed by atoms with Gasteiger partial charge in [0.2, 0.25) is 0 Å². The van der Waals surface area contributed by atoms with Crippen LogP contribution in [-0.4, -0.2) is 36.3 Å². The number of carboxylic acid groups (broad SMARTS) is 1. The van der Waals surface area contributed by atoms with E-state index in [1.54, 1.807) is 7.11 Å². The molecule has 20 heavy (non-hydrogen) atoms. The molecule has 0 saturated heterocycles. The number of hydrogen-bond acceptors (Lipinski definition) is 3. The number of aromatic amines is 1. The van der Waals surface area contributed by atoms with E-state index in [2.05, 4.69) is 16.4 Å². The fourth-order valence-corrected chi connectivity index (χ4v) is 2.64. The quantitative estimate of drug-likeness (QED) is 0.801. The first-order chi connectivity index (χ1) is 9.70. The molecule has 3 rings (SSSR count). The Labute approximate surface area is 116 Å². The lowest BCUT2D eigenvalue weighted by atomic mass is 9.97. The second-order valence-corrected chi connectivity index (χ2v) is 4.78. The van der Waals surface area contributed by atoms with Crippen LogP contribution in [-0.2, 0) is 0 Å². The SMILES string of the molecule is COc1ccc2[nH]c(C(=O)O)c(C3=CCNCC3)c2c1. The first-order valence-corrected chi connectivity index (χ1v) is 6.54. The fraction of sp³-hybridized carbons (Fsp3) is 0.267. The van der Waals surface area contributed by atoms with Gasteiger partial charge in [-0.3, -0.25) is 0 Å². The normalized spacial score (nSPS) is 15.2. The number of H-pyrrole nitrogens is 1. The molecule has 1 aliphatic rings. The number of ether oxygens (including phenoxy) is 1. The maximum atomic E-state index is 11.5. The Morgan fingerprint density at radius 2 is 2.25 bits per heavy atom. The Morgan fingerprint density at radius 1 is 1.40 bits per heavy atom. The molecular weight excluding hydrogens is 256 g/mol. The van der Waals surface area contributed by atoms with E-state index >= 15 is 0 Å². The minimum absolute atomic E-state index is 0.251. The first kappa shape index (κ1) is 12.7. The average Bonchev–Trinajstić information content (AvgIpc) is 2.86. The zero-order chi connectivity index (χ0) is 14.1. The molecule has 0 atom stereocenters. The van der Waals surface area contributed by atoms with Gasteiger partial charge in [-0.1, -0.05) is 6.08 Å². The number of benzene rings is 1. The lowest BCUT2D eigenvalue weighted by molar-refractivity contribution is 0.0691. The van der Waals surface area contributed by atoms with Crippen LogP contribution < -0.4 is 10.1 Å². The molecule has 2 aromatic rings. The number of methoxy groups -OCH3 is 1. The summed E-state index contributed by atoms with van der Waals surface area (Å²) in [4.78, 5) is 14.5. The smallest absolute Gasteiger partial charge is 0.352 e. The fourth-order valence-electron chi connectivity index (χ4n) is 2.64. The summed E-state index contributed by atoms with van der Waals surface area (Å²) < 4.78 is 5.24. The standard InChI is InChI=1S/C15H16N2O3/c1-20-10-2-3-12-11(8-10)13(14(17-12)15(18)19)9-4-6-16-7-5-9/h2-4,8,16-17H,5-7H2,1H3,(H,18,19). The van der Waals surface area contributed by atoms with E-state index in [9.17, 15) is 9.90 Å². The third kappa shape index (κ3) is 2.06. The highest BCUT2D eigenvalue weighted by molar-refractivity contribution is 6.04. The maximum Gasteiger partial charge on any atom is 0.352 e. The number of nitrogens with one attached hydrogen (secondary N) is 2. The van der Waals surface area contributed by atoms with E-state index in [1.807, 2.05) is 18.2 Å². The van der Waals surface area contributed by atoms with Crippen LogP contribution >= 0.6 is 0 Å². The summed E-state index contributed by atoms with van der Waals surface area (Å²) >= 11 is 0. The second-order valence-electron chi connectivity index (χ2n) is 4.78. The van der Waals surface area contributed by atoms with Gasteiger partial charge in [-0.05, 0) is 36.7 Å². The Morgan fingerprint density at radius 3 is 2.90 bits per heavy atom. The molecule has 0 amide bonds. The van der Waals surface area contributed by atoms with Gasteiger partial charge in [0, 0.05) is 23.0 Å². The number of aromatic nitrogens is 1. The van der Waals surface area contributed by atoms with Crippen molar-refractivity contribution in [1.29, 1.82) is 0 Å². The summed E-state index contributed by atoms with van der Waals surface area (Å²) in [5.74, 6) is -0.209. The lowest BCUT2D eigenvalue weighted by Crippen LogP contribution is -2.20. The average molecular weight is 272 g/mol. The van der Waals surface area contributed by atoms with Crippen molar-refractivity contribution in [2.45, 2.75) is 6.42 Å². The number of fused-ring (bicyclic) bond motifs is 1. The van der Waals surface area contributed by atoms with Crippen molar-refractivity contribution in [2.24, 2.45) is 0 Å². The zero-order valence-electron chi connectivity index (χ0n) is 11.2. The van der Waals surface area contributed by atoms with Crippen LogP contribution in [0.5, 0.6) is 5.75 Å². The van der Waals surface area contributed by atoms with Crippen molar-refractivity contribution in [2.75, 3.05) is 20.2 Å². The molecule has 0 bridgehead atoms. The molecule has 1 aromatic carbocycles. The number of carbonyl (C=O) groups is 1. The number of aromatic carboxylic acids is 1. The van der Waals surface area contributed by atoms with Crippen LogP contribution in [0.25, 0.3) is 16.5 Å². The second kappa shape index (κ2) is 5.02. The van der Waals surface area contributed by atoms with Crippen molar-refractivity contribution in [3.63, 3.8) is 0 Å². The molecule has 1 aliphatic heterocycles. The highest BCUT2D eigenvalue weighted by atomic mass is 16.5. The summed E-state index contributed by atoms with van der Waals surface area (Å²) in [5, 5.41) is 13.6. The van der Waals surface area contributed by atoms with Gasteiger partial charge in [0.1, 0.15) is 11.4 Å². The topological polar surface area (TPSA) is 74.4 Å². The maximum absolute atomic E-state index is 11.5. The third-order valence-electron chi connectivity index (χ3n) is 3.60. The van der Waals surface area contributed by atoms with Crippen molar-refractivity contribution in [3.8, 4) is 5.75 Å². The molecule has 0 unspecified atom stereocenters. The van der Waals surface area contributed by atoms with Gasteiger partial charge in [-0.25, -0.2) is 4.79 Å². The molecule has 5 heteroatoms. The van der Waals surface area contributed by atoms with Gasteiger partial charge in [-0.15, -0.1) is 0 Å². The number of carboxylic acids is 1. The van der Waals surface area contributed by atoms with Crippen LogP contribution in [0.15, 0.2) is 24.3 Å². The van der Waals surface area contributed by atoms with Gasteiger partial charge >= 0.3 is 5.97 Å². The van der Waals surface area contributed by atoms with Crippen molar-refractivity contribution in [3.05, 3.63) is 35.5 Å². The molecule has 0 spiro atoms. The van der Waals surface area contributed by atoms with E-state index in [0.29, 0.717) is 0 Å². The predicted molar refractivity (Wildman–Crippen MR) is 77.3 cm³/mol. The van der Waals surface area contributed by atoms with E-state index in [-0.39, 0.29) is 5.69 Å². The summed E-state index contributed by atoms with van der Waals surface area (Å²) in [6.07, 6.45) is 2.88. The Bertz CT molecular complexity index is 700. The summed E-state index contributed by atoms with van der Waals surface area (Å²) in [5.41, 5.74) is 2.92. The van der Waals surface area contributed by atoms with E-state index < -0.39 is 5.97 Å². The number of rotatable bonds is 3. The van der Waals surface area contributed by atoms with Crippen LogP contribution in [0.4, 0.5) is 0 Å². The minimum atomic E-state index is -0.936. The predicted octanol–water partition coefficient (Wildman–Crippen LogP) is 2.25. The molecule has 0 aliphatic carbocycles. The third-order valence-corrected chi connectivity index (χ3v) is 3.60. The highest BCUT2D eigenvalue weighted by Crippen LogP contribution is 2.33. The largest absolute Gasteiger partial charge is 0.497 e. The monoisotopic (exact) mass is 272 g/mol. The van der Waals surface area contributed by atoms with Crippen molar-refractivity contribution >= 4 is 22.4 Å². The molecule has 0 fully saturated rings. The van der Waals surface area contributed by atoms with Crippen LogP contribution in [0.3, 0.4) is 0 Å². The van der Waals surface area contributed by atoms with Gasteiger partial charge in [0.15, 0.2) is 0 Å². The molecule has 5 nitrogen and oxygen atoms in total. The Balaban J connectivity index is 2.26. The Kier molecular flexibility index (Phi) is 3.20. The van der Waals surface area contributed by atoms with Crippen molar-refractivity contribution in [1.82, 2.24) is 10.3 Å². The van der Waals surface area contributed by atoms with E-state index in [0.717, 1.165) is 47.3 Å². The van der Waals surface area contributed by atoms with Crippen molar-refractivity contribution < 1.29 is 14.6 Å². The lowest BCUT2D eigenvalue weighted by Gasteiger charge is -2.14. The summed E-state index contributed by atoms with van der Waals surface area (Å²) in [6, 6.07) is 5.56. The molecule has 1 aromatic heterocycles. The molecular formula is C15H16N2O3. The number of hydrogen-bond donors (Lipinski definition) is 3. The van der Waals surface area contributed by atoms with Crippen LogP contribution in [0, 0.1) is 0 Å². The molecule has 3 N–H and O–H groups in total. The zero-order valence-corrected chi connectivity index (χ0v) is 11.2. The molecule has 0 radical (unpaired) electrons. The molecule has 0 saturated carbocycles. The van der Waals surface area contributed by atoms with E-state index in [4.69, 9.17) is 4.74 Å². The molecule has 2 heterocycles. The van der Waals surface area contributed by atoms with Gasteiger partial charge < -0.3 is 20.1 Å². The summed E-state index contributed by atoms with van der Waals surface area (Å²) in [7, 11) is 1.61.